The lowest BCUT2D eigenvalue weighted by Crippen LogP contribution is -2.26. The van der Waals surface area contributed by atoms with Gasteiger partial charge in [-0.1, -0.05) is 42.5 Å². The third kappa shape index (κ3) is 4.68. The lowest BCUT2D eigenvalue weighted by atomic mass is 10.1. The minimum atomic E-state index is -0.858. The van der Waals surface area contributed by atoms with Crippen LogP contribution in [0.25, 0.3) is 0 Å². The van der Waals surface area contributed by atoms with Gasteiger partial charge in [-0.25, -0.2) is 0 Å². The average molecular weight is 372 g/mol. The molecule has 0 fully saturated rings. The maximum absolute atomic E-state index is 13.1. The maximum atomic E-state index is 13.1. The van der Waals surface area contributed by atoms with Gasteiger partial charge in [0, 0.05) is 5.56 Å². The largest absolute Gasteiger partial charge is 0.492 e. The number of para-hydroxylation sites is 2. The first kappa shape index (κ1) is 19.0. The second-order valence-electron chi connectivity index (χ2n) is 5.96. The van der Waals surface area contributed by atoms with Gasteiger partial charge >= 0.3 is 0 Å². The number of carbonyl (C=O) groups excluding carboxylic acids is 1. The molecule has 0 aliphatic rings. The molecule has 0 radical (unpaired) electrons. The monoisotopic (exact) mass is 372 g/mol. The maximum Gasteiger partial charge on any atom is 0.270 e. The predicted octanol–water partition coefficient (Wildman–Crippen LogP) is 4.72. The SMILES string of the molecule is CCOc1ccccc1NC(=O)[C@@H](Oc1ccc(C#N)cc1)c1ccccc1. The Labute approximate surface area is 164 Å². The third-order valence-electron chi connectivity index (χ3n) is 4.02. The number of ether oxygens (including phenoxy) is 2. The molecule has 5 nitrogen and oxygen atoms in total. The lowest BCUT2D eigenvalue weighted by molar-refractivity contribution is -0.123. The van der Waals surface area contributed by atoms with Crippen LogP contribution < -0.4 is 14.8 Å². The lowest BCUT2D eigenvalue weighted by Gasteiger charge is -2.20. The molecule has 0 heterocycles. The molecule has 0 spiro atoms. The van der Waals surface area contributed by atoms with E-state index in [0.717, 1.165) is 5.56 Å². The van der Waals surface area contributed by atoms with Crippen molar-refractivity contribution in [1.29, 1.82) is 5.26 Å². The first-order chi connectivity index (χ1) is 13.7. The van der Waals surface area contributed by atoms with E-state index in [4.69, 9.17) is 14.7 Å². The zero-order chi connectivity index (χ0) is 19.8. The van der Waals surface area contributed by atoms with Crippen molar-refractivity contribution in [3.05, 3.63) is 90.0 Å². The van der Waals surface area contributed by atoms with Crippen LogP contribution in [0.2, 0.25) is 0 Å². The highest BCUT2D eigenvalue weighted by Crippen LogP contribution is 2.28. The molecule has 3 aromatic carbocycles. The van der Waals surface area contributed by atoms with E-state index in [1.165, 1.54) is 0 Å². The zero-order valence-corrected chi connectivity index (χ0v) is 15.5. The summed E-state index contributed by atoms with van der Waals surface area (Å²) in [6.45, 7) is 2.39. The number of anilines is 1. The van der Waals surface area contributed by atoms with E-state index < -0.39 is 6.10 Å². The number of hydrogen-bond acceptors (Lipinski definition) is 4. The Morgan fingerprint density at radius 3 is 2.36 bits per heavy atom. The second kappa shape index (κ2) is 9.24. The highest BCUT2D eigenvalue weighted by molar-refractivity contribution is 5.96. The summed E-state index contributed by atoms with van der Waals surface area (Å²) < 4.78 is 11.6. The smallest absolute Gasteiger partial charge is 0.270 e. The molecule has 0 aromatic heterocycles. The molecule has 1 atom stereocenters. The number of rotatable bonds is 7. The fraction of sp³-hybridized carbons (Fsp3) is 0.130. The van der Waals surface area contributed by atoms with Crippen LogP contribution in [0.15, 0.2) is 78.9 Å². The topological polar surface area (TPSA) is 71.3 Å². The van der Waals surface area contributed by atoms with E-state index in [9.17, 15) is 4.79 Å². The van der Waals surface area contributed by atoms with E-state index >= 15 is 0 Å². The highest BCUT2D eigenvalue weighted by Gasteiger charge is 2.23. The molecular formula is C23H20N2O3. The summed E-state index contributed by atoms with van der Waals surface area (Å²) in [6.07, 6.45) is -0.858. The van der Waals surface area contributed by atoms with Gasteiger partial charge in [0.05, 0.1) is 23.9 Å². The minimum absolute atomic E-state index is 0.317. The minimum Gasteiger partial charge on any atom is -0.492 e. The average Bonchev–Trinajstić information content (AvgIpc) is 2.74. The van der Waals surface area contributed by atoms with Gasteiger partial charge in [-0.3, -0.25) is 4.79 Å². The Morgan fingerprint density at radius 2 is 1.68 bits per heavy atom. The summed E-state index contributed by atoms with van der Waals surface area (Å²) in [7, 11) is 0. The Kier molecular flexibility index (Phi) is 6.27. The van der Waals surface area contributed by atoms with Crippen molar-refractivity contribution in [2.45, 2.75) is 13.0 Å². The summed E-state index contributed by atoms with van der Waals surface area (Å²) in [6, 6.07) is 25.2. The number of hydrogen-bond donors (Lipinski definition) is 1. The molecule has 0 unspecified atom stereocenters. The molecule has 3 rings (SSSR count). The molecule has 140 valence electrons. The van der Waals surface area contributed by atoms with E-state index in [1.54, 1.807) is 36.4 Å². The molecule has 0 bridgehead atoms. The molecule has 0 aliphatic heterocycles. The van der Waals surface area contributed by atoms with E-state index in [2.05, 4.69) is 11.4 Å². The molecule has 28 heavy (non-hydrogen) atoms. The third-order valence-corrected chi connectivity index (χ3v) is 4.02. The summed E-state index contributed by atoms with van der Waals surface area (Å²) in [4.78, 5) is 13.1. The molecule has 0 saturated carbocycles. The van der Waals surface area contributed by atoms with Gasteiger partial charge in [-0.15, -0.1) is 0 Å². The number of carbonyl (C=O) groups is 1. The van der Waals surface area contributed by atoms with Gasteiger partial charge in [0.2, 0.25) is 6.10 Å². The van der Waals surface area contributed by atoms with Crippen LogP contribution in [0.5, 0.6) is 11.5 Å². The summed E-state index contributed by atoms with van der Waals surface area (Å²) >= 11 is 0. The van der Waals surface area contributed by atoms with Crippen molar-refractivity contribution in [2.24, 2.45) is 0 Å². The predicted molar refractivity (Wildman–Crippen MR) is 107 cm³/mol. The zero-order valence-electron chi connectivity index (χ0n) is 15.5. The highest BCUT2D eigenvalue weighted by atomic mass is 16.5. The van der Waals surface area contributed by atoms with Gasteiger partial charge in [-0.05, 0) is 43.3 Å². The van der Waals surface area contributed by atoms with E-state index in [1.807, 2.05) is 49.4 Å². The van der Waals surface area contributed by atoms with Crippen molar-refractivity contribution in [3.8, 4) is 17.6 Å². The van der Waals surface area contributed by atoms with Crippen LogP contribution in [0.1, 0.15) is 24.2 Å². The van der Waals surface area contributed by atoms with Crippen molar-refractivity contribution >= 4 is 11.6 Å². The number of benzene rings is 3. The van der Waals surface area contributed by atoms with Crippen molar-refractivity contribution in [3.63, 3.8) is 0 Å². The second-order valence-corrected chi connectivity index (χ2v) is 5.96. The number of nitrogens with one attached hydrogen (secondary N) is 1. The van der Waals surface area contributed by atoms with E-state index in [-0.39, 0.29) is 5.91 Å². The van der Waals surface area contributed by atoms with Crippen LogP contribution in [-0.4, -0.2) is 12.5 Å². The van der Waals surface area contributed by atoms with Gasteiger partial charge < -0.3 is 14.8 Å². The Hall–Kier alpha value is -3.78. The van der Waals surface area contributed by atoms with Crippen molar-refractivity contribution in [1.82, 2.24) is 0 Å². The number of amides is 1. The first-order valence-corrected chi connectivity index (χ1v) is 8.95. The number of nitrogens with zero attached hydrogens (tertiary/aromatic N) is 1. The standard InChI is InChI=1S/C23H20N2O3/c1-2-27-21-11-7-6-10-20(21)25-23(26)22(18-8-4-3-5-9-18)28-19-14-12-17(16-24)13-15-19/h3-15,22H,2H2,1H3,(H,25,26)/t22-/m0/s1. The Balaban J connectivity index is 1.86. The number of nitriles is 1. The van der Waals surface area contributed by atoms with Crippen LogP contribution in [0, 0.1) is 11.3 Å². The van der Waals surface area contributed by atoms with E-state index in [0.29, 0.717) is 29.4 Å². The summed E-state index contributed by atoms with van der Waals surface area (Å²) in [5, 5.41) is 11.8. The summed E-state index contributed by atoms with van der Waals surface area (Å²) in [5.41, 5.74) is 1.83. The fourth-order valence-corrected chi connectivity index (χ4v) is 2.69. The Bertz CT molecular complexity index is 963. The van der Waals surface area contributed by atoms with Crippen LogP contribution >= 0.6 is 0 Å². The Morgan fingerprint density at radius 1 is 1.00 bits per heavy atom. The molecule has 1 amide bonds. The van der Waals surface area contributed by atoms with Crippen LogP contribution in [0.3, 0.4) is 0 Å². The molecular weight excluding hydrogens is 352 g/mol. The molecule has 1 N–H and O–H groups in total. The normalized spacial score (nSPS) is 11.1. The fourth-order valence-electron chi connectivity index (χ4n) is 2.69. The summed E-state index contributed by atoms with van der Waals surface area (Å²) in [5.74, 6) is 0.785. The molecule has 5 heteroatoms. The quantitative estimate of drug-likeness (QED) is 0.652. The van der Waals surface area contributed by atoms with Gasteiger partial charge in [0.15, 0.2) is 0 Å². The molecule has 3 aromatic rings. The van der Waals surface area contributed by atoms with Gasteiger partial charge in [-0.2, -0.15) is 5.26 Å². The van der Waals surface area contributed by atoms with Gasteiger partial charge in [0.25, 0.3) is 5.91 Å². The van der Waals surface area contributed by atoms with Crippen molar-refractivity contribution < 1.29 is 14.3 Å². The first-order valence-electron chi connectivity index (χ1n) is 8.95. The van der Waals surface area contributed by atoms with Crippen LogP contribution in [0.4, 0.5) is 5.69 Å². The molecule has 0 saturated heterocycles. The molecule has 0 aliphatic carbocycles. The van der Waals surface area contributed by atoms with Crippen LogP contribution in [-0.2, 0) is 4.79 Å². The van der Waals surface area contributed by atoms with Gasteiger partial charge in [0.1, 0.15) is 11.5 Å². The van der Waals surface area contributed by atoms with Crippen molar-refractivity contribution in [2.75, 3.05) is 11.9 Å².